The van der Waals surface area contributed by atoms with Crippen molar-refractivity contribution in [3.8, 4) is 0 Å². The third-order valence-corrected chi connectivity index (χ3v) is 3.08. The number of aliphatic carboxylic acids is 2. The van der Waals surface area contributed by atoms with Crippen molar-refractivity contribution >= 4 is 23.5 Å². The van der Waals surface area contributed by atoms with Crippen LogP contribution in [0.5, 0.6) is 0 Å². The molecule has 0 amide bonds. The zero-order valence-corrected chi connectivity index (χ0v) is 14.8. The van der Waals surface area contributed by atoms with Crippen LogP contribution in [-0.4, -0.2) is 118 Å². The fourth-order valence-corrected chi connectivity index (χ4v) is 1.53. The van der Waals surface area contributed by atoms with Gasteiger partial charge < -0.3 is 61.1 Å². The van der Waals surface area contributed by atoms with Crippen molar-refractivity contribution in [2.45, 2.75) is 24.4 Å². The second kappa shape index (κ2) is 16.0. The van der Waals surface area contributed by atoms with Gasteiger partial charge >= 0.3 is 0 Å². The molecule has 14 heteroatoms. The minimum Gasteiger partial charge on any atom is -0.544 e. The van der Waals surface area contributed by atoms with E-state index in [2.05, 4.69) is 0 Å². The Balaban J connectivity index is 0. The highest BCUT2D eigenvalue weighted by atomic mass is 16.4. The first kappa shape index (κ1) is 28.2. The highest BCUT2D eigenvalue weighted by Gasteiger charge is 2.25. The molecule has 4 atom stereocenters. The number of ketones is 2. The van der Waals surface area contributed by atoms with Crippen LogP contribution in [0.3, 0.4) is 0 Å². The number of nitrogens with two attached hydrogens (primary N) is 2. The third kappa shape index (κ3) is 14.1. The number of carboxylic acid groups (broad SMARTS) is 2. The monoisotopic (exact) mass is 414 g/mol. The summed E-state index contributed by atoms with van der Waals surface area (Å²) in [5.74, 6) is -4.13. The molecule has 28 heavy (non-hydrogen) atoms. The maximum Gasteiger partial charge on any atom is 0.217 e. The van der Waals surface area contributed by atoms with Crippen molar-refractivity contribution < 1.29 is 70.7 Å². The molecule has 0 rings (SSSR count). The summed E-state index contributed by atoms with van der Waals surface area (Å²) in [6.07, 6.45) is -6.42. The number of rotatable bonds is 14. The molecule has 0 aliphatic heterocycles. The molecule has 0 saturated heterocycles. The van der Waals surface area contributed by atoms with Crippen LogP contribution in [0.1, 0.15) is 0 Å². The van der Waals surface area contributed by atoms with Gasteiger partial charge in [0.1, 0.15) is 50.6 Å². The Bertz CT molecular complexity index is 457. The number of carbonyl (C=O) groups excluding carboxylic acids is 4. The van der Waals surface area contributed by atoms with Gasteiger partial charge in [0.05, 0.1) is 25.2 Å². The summed E-state index contributed by atoms with van der Waals surface area (Å²) in [4.78, 5) is 41.8. The number of aliphatic hydroxyl groups excluding tert-OH is 6. The first-order chi connectivity index (χ1) is 13.0. The molecule has 14 nitrogen and oxygen atoms in total. The number of quaternary nitrogens is 2. The minimum absolute atomic E-state index is 0.286. The number of hydrogen-bond donors (Lipinski definition) is 8. The Hall–Kier alpha value is -2.04. The lowest BCUT2D eigenvalue weighted by molar-refractivity contribution is -0.639. The van der Waals surface area contributed by atoms with E-state index in [1.54, 1.807) is 0 Å². The van der Waals surface area contributed by atoms with E-state index in [0.29, 0.717) is 0 Å². The summed E-state index contributed by atoms with van der Waals surface area (Å²) in [7, 11) is 0. The molecule has 0 radical (unpaired) electrons. The van der Waals surface area contributed by atoms with Crippen LogP contribution in [-0.2, 0) is 19.2 Å². The van der Waals surface area contributed by atoms with E-state index in [9.17, 15) is 29.4 Å². The molecule has 0 bridgehead atoms. The molecule has 0 aliphatic rings. The second-order valence-electron chi connectivity index (χ2n) is 5.46. The predicted molar refractivity (Wildman–Crippen MR) is 81.5 cm³/mol. The molecule has 0 aromatic heterocycles. The van der Waals surface area contributed by atoms with Crippen LogP contribution in [0.2, 0.25) is 0 Å². The summed E-state index contributed by atoms with van der Waals surface area (Å²) in [5.41, 5.74) is 0. The Morgan fingerprint density at radius 2 is 0.929 bits per heavy atom. The van der Waals surface area contributed by atoms with Gasteiger partial charge in [-0.1, -0.05) is 0 Å². The maximum absolute atomic E-state index is 11.0. The molecule has 0 spiro atoms. The van der Waals surface area contributed by atoms with E-state index in [1.165, 1.54) is 0 Å². The molecular formula is C14H26N2O12. The predicted octanol–water partition coefficient (Wildman–Crippen LogP) is -10.8. The molecule has 0 saturated carbocycles. The second-order valence-corrected chi connectivity index (χ2v) is 5.46. The summed E-state index contributed by atoms with van der Waals surface area (Å²) < 4.78 is 0. The van der Waals surface area contributed by atoms with Gasteiger partial charge in [0.2, 0.25) is 11.6 Å². The van der Waals surface area contributed by atoms with Gasteiger partial charge in [-0.2, -0.15) is 0 Å². The van der Waals surface area contributed by atoms with E-state index >= 15 is 0 Å². The average Bonchev–Trinajstić information content (AvgIpc) is 2.64. The van der Waals surface area contributed by atoms with Crippen LogP contribution in [0, 0.1) is 0 Å². The van der Waals surface area contributed by atoms with Crippen LogP contribution >= 0.6 is 0 Å². The molecule has 0 fully saturated rings. The molecule has 0 heterocycles. The van der Waals surface area contributed by atoms with E-state index in [4.69, 9.17) is 30.6 Å². The first-order valence-corrected chi connectivity index (χ1v) is 8.00. The van der Waals surface area contributed by atoms with Crippen LogP contribution in [0.15, 0.2) is 0 Å². The smallest absolute Gasteiger partial charge is 0.217 e. The molecule has 0 unspecified atom stereocenters. The zero-order valence-electron chi connectivity index (χ0n) is 14.8. The number of hydrogen-bond acceptors (Lipinski definition) is 12. The van der Waals surface area contributed by atoms with Gasteiger partial charge in [-0.05, 0) is 0 Å². The normalized spacial score (nSPS) is 14.8. The highest BCUT2D eigenvalue weighted by molar-refractivity contribution is 5.84. The summed E-state index contributed by atoms with van der Waals surface area (Å²) >= 11 is 0. The lowest BCUT2D eigenvalue weighted by Crippen LogP contribution is -2.89. The Kier molecular flexibility index (Phi) is 16.1. The van der Waals surface area contributed by atoms with Crippen molar-refractivity contribution in [1.82, 2.24) is 0 Å². The molecule has 10 N–H and O–H groups in total. The quantitative estimate of drug-likeness (QED) is 0.132. The summed E-state index contributed by atoms with van der Waals surface area (Å²) in [5, 5.41) is 74.6. The van der Waals surface area contributed by atoms with Gasteiger partial charge in [-0.3, -0.25) is 9.59 Å². The molecular weight excluding hydrogens is 388 g/mol. The van der Waals surface area contributed by atoms with E-state index in [1.807, 2.05) is 0 Å². The largest absolute Gasteiger partial charge is 0.544 e. The fourth-order valence-electron chi connectivity index (χ4n) is 1.53. The van der Waals surface area contributed by atoms with E-state index in [-0.39, 0.29) is 13.1 Å². The van der Waals surface area contributed by atoms with Gasteiger partial charge in [0, 0.05) is 0 Å². The SMILES string of the molecule is O=C([O-])C[NH2+]CC(=O)[C@@H](O)[C@H](O)CO.O=C([O-])C[NH2+]CC(=O)[C@@H](O)[C@H](O)CO. The average molecular weight is 414 g/mol. The topological polar surface area (TPSA) is 269 Å². The number of Topliss-reactive ketones (excluding diaryl/α,β-unsaturated/α-hetero) is 2. The van der Waals surface area contributed by atoms with Crippen molar-refractivity contribution in [3.05, 3.63) is 0 Å². The molecule has 0 aliphatic carbocycles. The number of carboxylic acids is 2. The van der Waals surface area contributed by atoms with Gasteiger partial charge in [-0.15, -0.1) is 0 Å². The Morgan fingerprint density at radius 3 is 1.14 bits per heavy atom. The molecule has 0 aromatic rings. The van der Waals surface area contributed by atoms with Gasteiger partial charge in [0.15, 0.2) is 0 Å². The Morgan fingerprint density at radius 1 is 0.643 bits per heavy atom. The van der Waals surface area contributed by atoms with E-state index in [0.717, 1.165) is 10.6 Å². The third-order valence-electron chi connectivity index (χ3n) is 3.08. The standard InChI is InChI=1S/2C7H13NO6/c2*9-3-5(11)7(14)4(10)1-8-2-6(12)13/h2*5,7-9,11,14H,1-3H2,(H,12,13)/t2*5-,7-/m11/s1. The molecule has 164 valence electrons. The van der Waals surface area contributed by atoms with Crippen LogP contribution in [0.25, 0.3) is 0 Å². The highest BCUT2D eigenvalue weighted by Crippen LogP contribution is 1.92. The van der Waals surface area contributed by atoms with Crippen LogP contribution in [0.4, 0.5) is 0 Å². The molecule has 0 aromatic carbocycles. The lowest BCUT2D eigenvalue weighted by atomic mass is 10.1. The lowest BCUT2D eigenvalue weighted by Gasteiger charge is -2.13. The van der Waals surface area contributed by atoms with Gasteiger partial charge in [-0.25, -0.2) is 0 Å². The van der Waals surface area contributed by atoms with Crippen molar-refractivity contribution in [2.75, 3.05) is 39.4 Å². The van der Waals surface area contributed by atoms with E-state index < -0.39 is 74.2 Å². The number of aliphatic hydroxyl groups is 6. The summed E-state index contributed by atoms with van der Waals surface area (Å²) in [6, 6.07) is 0. The van der Waals surface area contributed by atoms with Gasteiger partial charge in [0.25, 0.3) is 0 Å². The number of carbonyl (C=O) groups is 4. The van der Waals surface area contributed by atoms with Crippen molar-refractivity contribution in [3.63, 3.8) is 0 Å². The van der Waals surface area contributed by atoms with Crippen molar-refractivity contribution in [2.24, 2.45) is 0 Å². The van der Waals surface area contributed by atoms with Crippen molar-refractivity contribution in [1.29, 1.82) is 0 Å². The summed E-state index contributed by atoms with van der Waals surface area (Å²) in [6.45, 7) is -2.82. The first-order valence-electron chi connectivity index (χ1n) is 8.00. The fraction of sp³-hybridized carbons (Fsp3) is 0.714. The minimum atomic E-state index is -1.68. The maximum atomic E-state index is 11.0. The van der Waals surface area contributed by atoms with Crippen LogP contribution < -0.4 is 20.8 Å². The Labute approximate surface area is 159 Å². The zero-order chi connectivity index (χ0) is 22.3.